The summed E-state index contributed by atoms with van der Waals surface area (Å²) >= 11 is 1.67. The number of rotatable bonds is 12. The number of thioether (sulfide) groups is 1. The molecule has 1 heterocycles. The predicted octanol–water partition coefficient (Wildman–Crippen LogP) is 3.95. The minimum Gasteiger partial charge on any atom is -0.356 e. The van der Waals surface area contributed by atoms with Gasteiger partial charge < -0.3 is 15.2 Å². The van der Waals surface area contributed by atoms with Crippen LogP contribution in [0.15, 0.2) is 10.1 Å². The van der Waals surface area contributed by atoms with E-state index in [1.807, 2.05) is 7.05 Å². The number of aliphatic imine (C=N–C) groups is 1. The van der Waals surface area contributed by atoms with E-state index in [9.17, 15) is 0 Å². The predicted molar refractivity (Wildman–Crippen MR) is 124 cm³/mol. The summed E-state index contributed by atoms with van der Waals surface area (Å²) in [6, 6.07) is 0. The lowest BCUT2D eigenvalue weighted by Crippen LogP contribution is -2.38. The maximum atomic E-state index is 4.37. The van der Waals surface area contributed by atoms with Crippen LogP contribution in [-0.4, -0.2) is 47.1 Å². The number of aromatic nitrogens is 3. The molecule has 0 bridgehead atoms. The van der Waals surface area contributed by atoms with Gasteiger partial charge in [-0.05, 0) is 25.0 Å². The molecule has 0 aliphatic carbocycles. The smallest absolute Gasteiger partial charge is 0.190 e. The average Bonchev–Trinajstić information content (AvgIpc) is 2.97. The van der Waals surface area contributed by atoms with Gasteiger partial charge in [0.2, 0.25) is 0 Å². The Morgan fingerprint density at radius 2 is 1.81 bits per heavy atom. The van der Waals surface area contributed by atoms with Gasteiger partial charge in [-0.3, -0.25) is 4.99 Å². The van der Waals surface area contributed by atoms with Crippen molar-refractivity contribution in [1.82, 2.24) is 25.4 Å². The molecule has 1 rings (SSSR count). The number of hydrogen-bond acceptors (Lipinski definition) is 4. The van der Waals surface area contributed by atoms with Gasteiger partial charge in [0.25, 0.3) is 0 Å². The zero-order valence-corrected chi connectivity index (χ0v) is 20.2. The highest BCUT2D eigenvalue weighted by Gasteiger charge is 2.12. The molecule has 2 N–H and O–H groups in total. The molecular weight excluding hydrogens is 459 g/mol. The van der Waals surface area contributed by atoms with Gasteiger partial charge in [0, 0.05) is 33.1 Å². The summed E-state index contributed by atoms with van der Waals surface area (Å²) in [6.45, 7) is 9.54. The van der Waals surface area contributed by atoms with E-state index in [0.29, 0.717) is 5.92 Å². The van der Waals surface area contributed by atoms with Crippen LogP contribution in [0.3, 0.4) is 0 Å². The monoisotopic (exact) mass is 496 g/mol. The van der Waals surface area contributed by atoms with E-state index in [-0.39, 0.29) is 24.0 Å². The van der Waals surface area contributed by atoms with Crippen molar-refractivity contribution in [3.63, 3.8) is 0 Å². The van der Waals surface area contributed by atoms with Crippen molar-refractivity contribution in [2.75, 3.05) is 26.4 Å². The fraction of sp³-hybridized carbons (Fsp3) is 0.833. The molecule has 1 aromatic rings. The van der Waals surface area contributed by atoms with E-state index in [1.165, 1.54) is 25.7 Å². The molecule has 0 saturated carbocycles. The molecule has 0 atom stereocenters. The topological polar surface area (TPSA) is 67.1 Å². The summed E-state index contributed by atoms with van der Waals surface area (Å²) in [7, 11) is 1.82. The van der Waals surface area contributed by atoms with Crippen LogP contribution in [-0.2, 0) is 13.0 Å². The summed E-state index contributed by atoms with van der Waals surface area (Å²) in [5.41, 5.74) is 0. The van der Waals surface area contributed by atoms with Crippen LogP contribution >= 0.6 is 35.7 Å². The largest absolute Gasteiger partial charge is 0.356 e. The van der Waals surface area contributed by atoms with Crippen molar-refractivity contribution in [1.29, 1.82) is 0 Å². The minimum atomic E-state index is 0. The number of nitrogens with one attached hydrogen (secondary N) is 2. The van der Waals surface area contributed by atoms with Crippen LogP contribution in [0.5, 0.6) is 0 Å². The Hall–Kier alpha value is -0.510. The molecule has 8 heteroatoms. The Balaban J connectivity index is 0.00000625. The van der Waals surface area contributed by atoms with Crippen molar-refractivity contribution in [3.05, 3.63) is 5.82 Å². The first-order chi connectivity index (χ1) is 12.1. The normalized spacial score (nSPS) is 11.5. The quantitative estimate of drug-likeness (QED) is 0.151. The molecule has 0 radical (unpaired) electrons. The van der Waals surface area contributed by atoms with E-state index in [1.54, 1.807) is 11.8 Å². The van der Waals surface area contributed by atoms with Crippen molar-refractivity contribution < 1.29 is 0 Å². The third-order valence-electron chi connectivity index (χ3n) is 3.94. The highest BCUT2D eigenvalue weighted by molar-refractivity contribution is 14.0. The summed E-state index contributed by atoms with van der Waals surface area (Å²) in [6.07, 6.45) is 9.06. The standard InChI is InChI=1S/C18H36N6S.HI/c1-6-7-8-9-12-20-17(19-4)21-13-10-11-16-22-23-18(25-5)24(16)14-15(2)3;/h15H,6-14H2,1-5H3,(H2,19,20,21);1H. The van der Waals surface area contributed by atoms with Crippen LogP contribution in [0.4, 0.5) is 0 Å². The van der Waals surface area contributed by atoms with E-state index in [2.05, 4.69) is 57.4 Å². The van der Waals surface area contributed by atoms with Crippen molar-refractivity contribution in [2.45, 2.75) is 71.0 Å². The van der Waals surface area contributed by atoms with Crippen molar-refractivity contribution >= 4 is 41.7 Å². The molecule has 0 unspecified atom stereocenters. The number of unbranched alkanes of at least 4 members (excludes halogenated alkanes) is 3. The fourth-order valence-electron chi connectivity index (χ4n) is 2.64. The Morgan fingerprint density at radius 3 is 2.38 bits per heavy atom. The maximum Gasteiger partial charge on any atom is 0.190 e. The molecule has 0 spiro atoms. The number of hydrogen-bond donors (Lipinski definition) is 2. The zero-order valence-electron chi connectivity index (χ0n) is 17.0. The van der Waals surface area contributed by atoms with Gasteiger partial charge in [-0.25, -0.2) is 0 Å². The molecule has 152 valence electrons. The molecular formula is C18H37IN6S. The zero-order chi connectivity index (χ0) is 18.5. The van der Waals surface area contributed by atoms with E-state index in [0.717, 1.165) is 49.4 Å². The van der Waals surface area contributed by atoms with Gasteiger partial charge in [-0.2, -0.15) is 0 Å². The van der Waals surface area contributed by atoms with Crippen LogP contribution in [0, 0.1) is 5.92 Å². The first-order valence-corrected chi connectivity index (χ1v) is 10.7. The first kappa shape index (κ1) is 25.5. The Labute approximate surface area is 180 Å². The van der Waals surface area contributed by atoms with Crippen molar-refractivity contribution in [3.8, 4) is 0 Å². The Bertz CT molecular complexity index is 504. The van der Waals surface area contributed by atoms with E-state index < -0.39 is 0 Å². The Morgan fingerprint density at radius 1 is 1.12 bits per heavy atom. The molecule has 0 aliphatic rings. The van der Waals surface area contributed by atoms with Gasteiger partial charge >= 0.3 is 0 Å². The van der Waals surface area contributed by atoms with Gasteiger partial charge in [0.15, 0.2) is 11.1 Å². The summed E-state index contributed by atoms with van der Waals surface area (Å²) in [5.74, 6) is 2.57. The fourth-order valence-corrected chi connectivity index (χ4v) is 3.16. The average molecular weight is 497 g/mol. The summed E-state index contributed by atoms with van der Waals surface area (Å²) in [4.78, 5) is 4.28. The van der Waals surface area contributed by atoms with E-state index >= 15 is 0 Å². The van der Waals surface area contributed by atoms with Crippen LogP contribution in [0.2, 0.25) is 0 Å². The highest BCUT2D eigenvalue weighted by Crippen LogP contribution is 2.16. The lowest BCUT2D eigenvalue weighted by Gasteiger charge is -2.13. The number of nitrogens with zero attached hydrogens (tertiary/aromatic N) is 4. The molecule has 6 nitrogen and oxygen atoms in total. The highest BCUT2D eigenvalue weighted by atomic mass is 127. The SMILES string of the molecule is CCCCCCNC(=NC)NCCCc1nnc(SC)n1CC(C)C.I. The molecule has 26 heavy (non-hydrogen) atoms. The number of halogens is 1. The molecule has 1 aromatic heterocycles. The lowest BCUT2D eigenvalue weighted by molar-refractivity contribution is 0.477. The van der Waals surface area contributed by atoms with Crippen LogP contribution in [0.1, 0.15) is 58.7 Å². The van der Waals surface area contributed by atoms with E-state index in [4.69, 9.17) is 0 Å². The van der Waals surface area contributed by atoms with Gasteiger partial charge in [-0.15, -0.1) is 34.2 Å². The molecule has 0 fully saturated rings. The van der Waals surface area contributed by atoms with Gasteiger partial charge in [-0.1, -0.05) is 51.8 Å². The van der Waals surface area contributed by atoms with Crippen molar-refractivity contribution in [2.24, 2.45) is 10.9 Å². The number of aryl methyl sites for hydroxylation is 1. The maximum absolute atomic E-state index is 4.37. The van der Waals surface area contributed by atoms with Crippen LogP contribution in [0.25, 0.3) is 0 Å². The lowest BCUT2D eigenvalue weighted by atomic mass is 10.2. The molecule has 0 saturated heterocycles. The summed E-state index contributed by atoms with van der Waals surface area (Å²) in [5, 5.41) is 16.5. The second-order valence-electron chi connectivity index (χ2n) is 6.70. The first-order valence-electron chi connectivity index (χ1n) is 9.52. The number of guanidine groups is 1. The second-order valence-corrected chi connectivity index (χ2v) is 7.47. The third kappa shape index (κ3) is 9.99. The second kappa shape index (κ2) is 15.5. The van der Waals surface area contributed by atoms with Gasteiger partial charge in [0.1, 0.15) is 5.82 Å². The molecule has 0 aromatic carbocycles. The van der Waals surface area contributed by atoms with Gasteiger partial charge in [0.05, 0.1) is 0 Å². The molecule has 0 aliphatic heterocycles. The Kier molecular flexibility index (Phi) is 15.2. The summed E-state index contributed by atoms with van der Waals surface area (Å²) < 4.78 is 2.26. The minimum absolute atomic E-state index is 0. The van der Waals surface area contributed by atoms with Crippen LogP contribution < -0.4 is 10.6 Å². The third-order valence-corrected chi connectivity index (χ3v) is 4.61. The molecule has 0 amide bonds.